The molecule has 2 heterocycles. The van der Waals surface area contributed by atoms with Gasteiger partial charge in [-0.1, -0.05) is 41.2 Å². The predicted molar refractivity (Wildman–Crippen MR) is 142 cm³/mol. The first kappa shape index (κ1) is 26.4. The molecule has 1 aromatic heterocycles. The topological polar surface area (TPSA) is 54.9 Å². The number of ether oxygens (including phenoxy) is 2. The maximum atomic E-state index is 13.6. The number of amides is 1. The molecule has 184 valence electrons. The van der Waals surface area contributed by atoms with E-state index in [9.17, 15) is 4.79 Å². The van der Waals surface area contributed by atoms with Crippen molar-refractivity contribution < 1.29 is 14.3 Å². The van der Waals surface area contributed by atoms with Crippen molar-refractivity contribution in [3.8, 4) is 5.75 Å². The van der Waals surface area contributed by atoms with Gasteiger partial charge in [0.2, 0.25) is 5.91 Å². The number of carbonyl (C=O) groups excluding carboxylic acids is 1. The summed E-state index contributed by atoms with van der Waals surface area (Å²) in [6, 6.07) is 10.3. The Labute approximate surface area is 212 Å². The van der Waals surface area contributed by atoms with Crippen molar-refractivity contribution in [1.29, 1.82) is 0 Å². The van der Waals surface area contributed by atoms with Crippen LogP contribution >= 0.6 is 23.7 Å². The van der Waals surface area contributed by atoms with E-state index in [2.05, 4.69) is 43.9 Å². The lowest BCUT2D eigenvalue weighted by Gasteiger charge is -2.27. The van der Waals surface area contributed by atoms with E-state index in [1.165, 1.54) is 5.56 Å². The van der Waals surface area contributed by atoms with Crippen molar-refractivity contribution in [1.82, 2.24) is 9.88 Å². The second-order valence-corrected chi connectivity index (χ2v) is 9.70. The highest BCUT2D eigenvalue weighted by Crippen LogP contribution is 2.36. The number of hydrogen-bond donors (Lipinski definition) is 0. The van der Waals surface area contributed by atoms with Gasteiger partial charge in [0.05, 0.1) is 31.4 Å². The number of benzene rings is 2. The van der Waals surface area contributed by atoms with Crippen molar-refractivity contribution in [3.05, 3.63) is 52.6 Å². The summed E-state index contributed by atoms with van der Waals surface area (Å²) in [5.41, 5.74) is 5.40. The van der Waals surface area contributed by atoms with Gasteiger partial charge in [0.1, 0.15) is 11.3 Å². The van der Waals surface area contributed by atoms with Crippen LogP contribution in [0.2, 0.25) is 0 Å². The van der Waals surface area contributed by atoms with Crippen molar-refractivity contribution in [3.63, 3.8) is 0 Å². The van der Waals surface area contributed by atoms with Crippen molar-refractivity contribution in [2.75, 3.05) is 51.4 Å². The lowest BCUT2D eigenvalue weighted by Crippen LogP contribution is -2.39. The van der Waals surface area contributed by atoms with Gasteiger partial charge in [-0.15, -0.1) is 12.4 Å². The normalized spacial score (nSPS) is 14.1. The van der Waals surface area contributed by atoms with Gasteiger partial charge in [0, 0.05) is 26.2 Å². The van der Waals surface area contributed by atoms with E-state index in [4.69, 9.17) is 14.5 Å². The summed E-state index contributed by atoms with van der Waals surface area (Å²) >= 11 is 1.57. The number of halogens is 1. The van der Waals surface area contributed by atoms with Crippen LogP contribution in [0, 0.1) is 20.8 Å². The number of thiazole rings is 1. The molecule has 0 radical (unpaired) electrons. The largest absolute Gasteiger partial charge is 0.494 e. The van der Waals surface area contributed by atoms with E-state index in [1.807, 2.05) is 17.0 Å². The van der Waals surface area contributed by atoms with E-state index < -0.39 is 0 Å². The number of aryl methyl sites for hydroxylation is 3. The summed E-state index contributed by atoms with van der Waals surface area (Å²) < 4.78 is 12.1. The first-order valence-corrected chi connectivity index (χ1v) is 12.4. The molecule has 34 heavy (non-hydrogen) atoms. The minimum Gasteiger partial charge on any atom is -0.494 e. The van der Waals surface area contributed by atoms with Gasteiger partial charge in [-0.05, 0) is 49.9 Å². The highest BCUT2D eigenvalue weighted by atomic mass is 35.5. The molecule has 0 N–H and O–H groups in total. The zero-order valence-electron chi connectivity index (χ0n) is 20.4. The predicted octanol–water partition coefficient (Wildman–Crippen LogP) is 4.95. The van der Waals surface area contributed by atoms with Crippen LogP contribution in [0.1, 0.15) is 28.7 Å². The molecule has 2 aromatic carbocycles. The molecule has 1 aliphatic rings. The number of anilines is 1. The van der Waals surface area contributed by atoms with E-state index >= 15 is 0 Å². The number of carbonyl (C=O) groups is 1. The van der Waals surface area contributed by atoms with Crippen LogP contribution in [0.4, 0.5) is 5.13 Å². The van der Waals surface area contributed by atoms with Crippen LogP contribution in [0.5, 0.6) is 5.75 Å². The van der Waals surface area contributed by atoms with Gasteiger partial charge >= 0.3 is 0 Å². The van der Waals surface area contributed by atoms with Gasteiger partial charge in [-0.2, -0.15) is 0 Å². The molecule has 0 spiro atoms. The molecule has 3 aromatic rings. The average Bonchev–Trinajstić information content (AvgIpc) is 3.25. The van der Waals surface area contributed by atoms with Gasteiger partial charge in [0.25, 0.3) is 0 Å². The van der Waals surface area contributed by atoms with E-state index in [0.717, 1.165) is 77.1 Å². The maximum absolute atomic E-state index is 13.6. The van der Waals surface area contributed by atoms with Crippen LogP contribution in [-0.2, 0) is 16.0 Å². The SMILES string of the molecule is COc1ccc(C)c2sc(N(CCCN3CCOCC3)C(=O)Cc3ccc(C)cc3C)nc12.Cl. The molecule has 1 aliphatic heterocycles. The van der Waals surface area contributed by atoms with Crippen LogP contribution in [-0.4, -0.2) is 62.3 Å². The first-order valence-electron chi connectivity index (χ1n) is 11.6. The van der Waals surface area contributed by atoms with Crippen molar-refractivity contribution >= 4 is 45.0 Å². The number of rotatable bonds is 8. The summed E-state index contributed by atoms with van der Waals surface area (Å²) in [5.74, 6) is 0.827. The number of methoxy groups -OCH3 is 1. The minimum absolute atomic E-state index is 0. The standard InChI is InChI=1S/C26H33N3O3S.ClH/c1-18-6-8-21(20(3)16-18)17-23(30)29(11-5-10-28-12-14-32-15-13-28)26-27-24-22(31-4)9-7-19(2)25(24)33-26;/h6-9,16H,5,10-15,17H2,1-4H3;1H. The second-order valence-electron chi connectivity index (χ2n) is 8.72. The molecule has 8 heteroatoms. The maximum Gasteiger partial charge on any atom is 0.233 e. The fourth-order valence-electron chi connectivity index (χ4n) is 4.29. The molecular weight excluding hydrogens is 470 g/mol. The van der Waals surface area contributed by atoms with Gasteiger partial charge in [-0.3, -0.25) is 14.6 Å². The number of nitrogens with zero attached hydrogens (tertiary/aromatic N) is 3. The van der Waals surface area contributed by atoms with E-state index in [-0.39, 0.29) is 18.3 Å². The molecule has 1 saturated heterocycles. The molecule has 0 bridgehead atoms. The molecule has 1 fully saturated rings. The Morgan fingerprint density at radius 3 is 2.62 bits per heavy atom. The van der Waals surface area contributed by atoms with Gasteiger partial charge in [-0.25, -0.2) is 4.98 Å². The molecule has 1 amide bonds. The first-order chi connectivity index (χ1) is 16.0. The average molecular weight is 504 g/mol. The highest BCUT2D eigenvalue weighted by molar-refractivity contribution is 7.22. The zero-order valence-corrected chi connectivity index (χ0v) is 22.1. The molecular formula is C26H34ClN3O3S. The minimum atomic E-state index is 0. The van der Waals surface area contributed by atoms with Crippen molar-refractivity contribution in [2.24, 2.45) is 0 Å². The van der Waals surface area contributed by atoms with E-state index in [0.29, 0.717) is 13.0 Å². The smallest absolute Gasteiger partial charge is 0.233 e. The molecule has 6 nitrogen and oxygen atoms in total. The third kappa shape index (κ3) is 6.08. The number of aromatic nitrogens is 1. The third-order valence-corrected chi connectivity index (χ3v) is 7.46. The number of hydrogen-bond acceptors (Lipinski definition) is 6. The Balaban J connectivity index is 0.00000324. The molecule has 0 unspecified atom stereocenters. The van der Waals surface area contributed by atoms with Gasteiger partial charge in [0.15, 0.2) is 5.13 Å². The molecule has 0 saturated carbocycles. The molecule has 0 aliphatic carbocycles. The van der Waals surface area contributed by atoms with Crippen molar-refractivity contribution in [2.45, 2.75) is 33.6 Å². The number of fused-ring (bicyclic) bond motifs is 1. The third-order valence-electron chi connectivity index (χ3n) is 6.24. The Morgan fingerprint density at radius 1 is 1.15 bits per heavy atom. The van der Waals surface area contributed by atoms with Crippen LogP contribution < -0.4 is 9.64 Å². The Kier molecular flexibility index (Phi) is 9.31. The van der Waals surface area contributed by atoms with E-state index in [1.54, 1.807) is 18.4 Å². The fraction of sp³-hybridized carbons (Fsp3) is 0.462. The molecule has 0 atom stereocenters. The fourth-order valence-corrected chi connectivity index (χ4v) is 5.38. The van der Waals surface area contributed by atoms with Crippen LogP contribution in [0.3, 0.4) is 0 Å². The zero-order chi connectivity index (χ0) is 23.4. The number of morpholine rings is 1. The highest BCUT2D eigenvalue weighted by Gasteiger charge is 2.23. The quantitative estimate of drug-likeness (QED) is 0.435. The second kappa shape index (κ2) is 12.0. The van der Waals surface area contributed by atoms with Crippen LogP contribution in [0.25, 0.3) is 10.2 Å². The lowest BCUT2D eigenvalue weighted by atomic mass is 10.0. The Morgan fingerprint density at radius 2 is 1.91 bits per heavy atom. The monoisotopic (exact) mass is 503 g/mol. The van der Waals surface area contributed by atoms with Gasteiger partial charge < -0.3 is 9.47 Å². The molecule has 4 rings (SSSR count). The summed E-state index contributed by atoms with van der Waals surface area (Å²) in [5, 5.41) is 0.745. The summed E-state index contributed by atoms with van der Waals surface area (Å²) in [6.07, 6.45) is 1.26. The van der Waals surface area contributed by atoms with Crippen LogP contribution in [0.15, 0.2) is 30.3 Å². The summed E-state index contributed by atoms with van der Waals surface area (Å²) in [7, 11) is 1.66. The lowest BCUT2D eigenvalue weighted by molar-refractivity contribution is -0.118. The summed E-state index contributed by atoms with van der Waals surface area (Å²) in [4.78, 5) is 22.7. The Hall–Kier alpha value is -2.19. The Bertz CT molecular complexity index is 1130. The summed E-state index contributed by atoms with van der Waals surface area (Å²) in [6.45, 7) is 11.3.